The number of nitrogens with zero attached hydrogens (tertiary/aromatic N) is 1. The molecule has 0 saturated heterocycles. The van der Waals surface area contributed by atoms with Gasteiger partial charge in [-0.05, 0) is 39.0 Å². The Labute approximate surface area is 140 Å². The van der Waals surface area contributed by atoms with Gasteiger partial charge in [0.1, 0.15) is 18.0 Å². The number of carbonyl (C=O) groups excluding carboxylic acids is 3. The van der Waals surface area contributed by atoms with Gasteiger partial charge in [-0.15, -0.1) is 0 Å². The average molecular weight is 336 g/mol. The van der Waals surface area contributed by atoms with Crippen LogP contribution in [0.25, 0.3) is 10.9 Å². The zero-order valence-electron chi connectivity index (χ0n) is 14.0. The van der Waals surface area contributed by atoms with E-state index in [1.807, 2.05) is 0 Å². The molecule has 1 aromatic heterocycles. The van der Waals surface area contributed by atoms with Crippen LogP contribution in [0.5, 0.6) is 0 Å². The molecule has 1 N–H and O–H groups in total. The number of Topliss-reactive ketones (excluding diaryl/α,β-unsaturated/α-hetero) is 1. The summed E-state index contributed by atoms with van der Waals surface area (Å²) in [6, 6.07) is 3.87. The molecule has 0 radical (unpaired) electrons. The first-order valence-corrected chi connectivity index (χ1v) is 7.37. The summed E-state index contributed by atoms with van der Waals surface area (Å²) in [5.41, 5.74) is -0.127. The Morgan fingerprint density at radius 1 is 1.29 bits per heavy atom. The molecule has 0 atom stereocenters. The SMILES string of the molecule is CN(CC(=O)OC(C)(C)C)C(=O)C(=O)c1c[nH]c2cc(F)ccc12.[HH]. The number of rotatable bonds is 4. The number of ketones is 1. The van der Waals surface area contributed by atoms with Crippen molar-refractivity contribution in [2.45, 2.75) is 26.4 Å². The molecule has 130 valence electrons. The summed E-state index contributed by atoms with van der Waals surface area (Å²) in [7, 11) is 1.35. The van der Waals surface area contributed by atoms with E-state index in [0.717, 1.165) is 4.90 Å². The zero-order valence-corrected chi connectivity index (χ0v) is 14.0. The van der Waals surface area contributed by atoms with Gasteiger partial charge >= 0.3 is 5.97 Å². The first-order valence-electron chi connectivity index (χ1n) is 7.37. The maximum absolute atomic E-state index is 13.2. The molecule has 0 aliphatic carbocycles. The number of aromatic amines is 1. The minimum atomic E-state index is -0.842. The number of hydrogen-bond acceptors (Lipinski definition) is 4. The molecule has 0 aliphatic rings. The van der Waals surface area contributed by atoms with Gasteiger partial charge in [0.15, 0.2) is 0 Å². The lowest BCUT2D eigenvalue weighted by Crippen LogP contribution is -2.39. The molecule has 0 spiro atoms. The number of likely N-dealkylation sites (N-methyl/N-ethyl adjacent to an activating group) is 1. The van der Waals surface area contributed by atoms with Gasteiger partial charge in [-0.2, -0.15) is 0 Å². The summed E-state index contributed by atoms with van der Waals surface area (Å²) in [6.45, 7) is 4.80. The highest BCUT2D eigenvalue weighted by Gasteiger charge is 2.26. The summed E-state index contributed by atoms with van der Waals surface area (Å²) in [5.74, 6) is -2.67. The summed E-state index contributed by atoms with van der Waals surface area (Å²) in [6.07, 6.45) is 1.35. The van der Waals surface area contributed by atoms with Crippen molar-refractivity contribution in [3.8, 4) is 0 Å². The van der Waals surface area contributed by atoms with E-state index in [-0.39, 0.29) is 13.5 Å². The molecule has 0 unspecified atom stereocenters. The molecule has 2 aromatic rings. The summed E-state index contributed by atoms with van der Waals surface area (Å²) < 4.78 is 18.3. The van der Waals surface area contributed by atoms with E-state index in [9.17, 15) is 18.8 Å². The Morgan fingerprint density at radius 3 is 2.58 bits per heavy atom. The minimum absolute atomic E-state index is 0. The van der Waals surface area contributed by atoms with E-state index < -0.39 is 29.1 Å². The van der Waals surface area contributed by atoms with Crippen LogP contribution in [0, 0.1) is 5.82 Å². The number of aromatic nitrogens is 1. The van der Waals surface area contributed by atoms with Crippen LogP contribution in [0.4, 0.5) is 4.39 Å². The Balaban J connectivity index is 0.00000312. The fourth-order valence-electron chi connectivity index (χ4n) is 2.21. The minimum Gasteiger partial charge on any atom is -0.459 e. The van der Waals surface area contributed by atoms with Crippen LogP contribution in [0.1, 0.15) is 32.6 Å². The number of amides is 1. The van der Waals surface area contributed by atoms with Crippen molar-refractivity contribution >= 4 is 28.6 Å². The quantitative estimate of drug-likeness (QED) is 0.529. The summed E-state index contributed by atoms with van der Waals surface area (Å²) in [5, 5.41) is 0.445. The predicted octanol–water partition coefficient (Wildman–Crippen LogP) is 2.54. The lowest BCUT2D eigenvalue weighted by Gasteiger charge is -2.22. The topological polar surface area (TPSA) is 79.5 Å². The number of H-pyrrole nitrogens is 1. The van der Waals surface area contributed by atoms with Crippen molar-refractivity contribution in [2.75, 3.05) is 13.6 Å². The molecule has 6 nitrogen and oxygen atoms in total. The molecule has 2 rings (SSSR count). The number of carbonyl (C=O) groups is 3. The summed E-state index contributed by atoms with van der Waals surface area (Å²) >= 11 is 0. The number of esters is 1. The first-order chi connectivity index (χ1) is 11.1. The van der Waals surface area contributed by atoms with Gasteiger partial charge in [0.25, 0.3) is 11.7 Å². The van der Waals surface area contributed by atoms with Crippen molar-refractivity contribution in [2.24, 2.45) is 0 Å². The van der Waals surface area contributed by atoms with Crippen molar-refractivity contribution in [3.05, 3.63) is 35.8 Å². The first kappa shape index (κ1) is 17.7. The zero-order chi connectivity index (χ0) is 18.1. The third-order valence-corrected chi connectivity index (χ3v) is 3.22. The molecule has 0 fully saturated rings. The molecular weight excluding hydrogens is 315 g/mol. The van der Waals surface area contributed by atoms with E-state index in [2.05, 4.69) is 4.98 Å². The number of benzene rings is 1. The van der Waals surface area contributed by atoms with E-state index >= 15 is 0 Å². The fraction of sp³-hybridized carbons (Fsp3) is 0.353. The standard InChI is InChI=1S/C17H19FN2O4.H2/c1-17(2,3)24-14(21)9-20(4)16(23)15(22)12-8-19-13-7-10(18)5-6-11(12)13;/h5-8,19H,9H2,1-4H3;1H. The van der Waals surface area contributed by atoms with Gasteiger partial charge in [0, 0.05) is 25.6 Å². The molecule has 24 heavy (non-hydrogen) atoms. The van der Waals surface area contributed by atoms with Crippen LogP contribution in [-0.2, 0) is 14.3 Å². The van der Waals surface area contributed by atoms with Crippen LogP contribution >= 0.6 is 0 Å². The van der Waals surface area contributed by atoms with E-state index in [1.165, 1.54) is 31.4 Å². The lowest BCUT2D eigenvalue weighted by molar-refractivity contribution is -0.157. The number of nitrogens with one attached hydrogen (secondary N) is 1. The fourth-order valence-corrected chi connectivity index (χ4v) is 2.21. The highest BCUT2D eigenvalue weighted by molar-refractivity contribution is 6.45. The van der Waals surface area contributed by atoms with Crippen LogP contribution in [0.15, 0.2) is 24.4 Å². The van der Waals surface area contributed by atoms with E-state index in [1.54, 1.807) is 20.8 Å². The number of ether oxygens (including phenoxy) is 1. The van der Waals surface area contributed by atoms with Crippen molar-refractivity contribution in [1.29, 1.82) is 0 Å². The highest BCUT2D eigenvalue weighted by Crippen LogP contribution is 2.20. The van der Waals surface area contributed by atoms with Gasteiger partial charge in [-0.25, -0.2) is 4.39 Å². The number of hydrogen-bond donors (Lipinski definition) is 1. The maximum atomic E-state index is 13.2. The van der Waals surface area contributed by atoms with E-state index in [4.69, 9.17) is 4.74 Å². The van der Waals surface area contributed by atoms with Crippen molar-refractivity contribution < 1.29 is 24.9 Å². The molecule has 1 aromatic carbocycles. The Kier molecular flexibility index (Phi) is 4.73. The predicted molar refractivity (Wildman–Crippen MR) is 88.2 cm³/mol. The van der Waals surface area contributed by atoms with Gasteiger partial charge in [0.2, 0.25) is 0 Å². The van der Waals surface area contributed by atoms with Crippen LogP contribution in [0.3, 0.4) is 0 Å². The van der Waals surface area contributed by atoms with Crippen LogP contribution in [0.2, 0.25) is 0 Å². The molecule has 7 heteroatoms. The average Bonchev–Trinajstić information content (AvgIpc) is 2.86. The largest absolute Gasteiger partial charge is 0.459 e. The highest BCUT2D eigenvalue weighted by atomic mass is 19.1. The van der Waals surface area contributed by atoms with Crippen molar-refractivity contribution in [1.82, 2.24) is 9.88 Å². The van der Waals surface area contributed by atoms with Gasteiger partial charge in [-0.1, -0.05) is 0 Å². The number of halogens is 1. The van der Waals surface area contributed by atoms with Gasteiger partial charge < -0.3 is 14.6 Å². The van der Waals surface area contributed by atoms with E-state index in [0.29, 0.717) is 10.9 Å². The normalized spacial score (nSPS) is 11.4. The smallest absolute Gasteiger partial charge is 0.326 e. The molecular formula is C17H21FN2O4. The number of fused-ring (bicyclic) bond motifs is 1. The third-order valence-electron chi connectivity index (χ3n) is 3.22. The van der Waals surface area contributed by atoms with Crippen molar-refractivity contribution in [3.63, 3.8) is 0 Å². The third kappa shape index (κ3) is 3.98. The van der Waals surface area contributed by atoms with Gasteiger partial charge in [-0.3, -0.25) is 14.4 Å². The molecule has 0 aliphatic heterocycles. The maximum Gasteiger partial charge on any atom is 0.326 e. The molecule has 0 saturated carbocycles. The second kappa shape index (κ2) is 6.43. The second-order valence-electron chi connectivity index (χ2n) is 6.47. The molecule has 1 heterocycles. The monoisotopic (exact) mass is 336 g/mol. The summed E-state index contributed by atoms with van der Waals surface area (Å²) in [4.78, 5) is 40.1. The Hall–Kier alpha value is -2.70. The second-order valence-corrected chi connectivity index (χ2v) is 6.47. The Morgan fingerprint density at radius 2 is 1.96 bits per heavy atom. The molecule has 0 bridgehead atoms. The van der Waals surface area contributed by atoms with Crippen LogP contribution in [-0.4, -0.2) is 46.7 Å². The van der Waals surface area contributed by atoms with Crippen LogP contribution < -0.4 is 0 Å². The Bertz CT molecular complexity index is 811. The van der Waals surface area contributed by atoms with Gasteiger partial charge in [0.05, 0.1) is 5.56 Å². The molecule has 1 amide bonds. The lowest BCUT2D eigenvalue weighted by atomic mass is 10.1.